The van der Waals surface area contributed by atoms with E-state index in [0.29, 0.717) is 5.92 Å². The summed E-state index contributed by atoms with van der Waals surface area (Å²) in [4.78, 5) is 0. The highest BCUT2D eigenvalue weighted by atomic mass is 16.5. The van der Waals surface area contributed by atoms with Gasteiger partial charge in [-0.05, 0) is 42.5 Å². The van der Waals surface area contributed by atoms with Crippen molar-refractivity contribution in [3.8, 4) is 11.5 Å². The molecule has 2 aromatic rings. The lowest BCUT2D eigenvalue weighted by molar-refractivity contribution is 0.446. The van der Waals surface area contributed by atoms with E-state index in [1.807, 2.05) is 30.3 Å². The van der Waals surface area contributed by atoms with E-state index in [0.717, 1.165) is 22.9 Å². The van der Waals surface area contributed by atoms with Crippen molar-refractivity contribution in [2.75, 3.05) is 0 Å². The Morgan fingerprint density at radius 3 is 2.36 bits per heavy atom. The van der Waals surface area contributed by atoms with Gasteiger partial charge in [-0.1, -0.05) is 56.4 Å². The van der Waals surface area contributed by atoms with Crippen LogP contribution in [0.2, 0.25) is 0 Å². The number of rotatable bonds is 1. The molecule has 22 heavy (non-hydrogen) atoms. The van der Waals surface area contributed by atoms with Crippen LogP contribution in [-0.2, 0) is 0 Å². The van der Waals surface area contributed by atoms with Gasteiger partial charge < -0.3 is 4.74 Å². The Morgan fingerprint density at radius 2 is 1.50 bits per heavy atom. The molecule has 2 nitrogen and oxygen atoms in total. The van der Waals surface area contributed by atoms with E-state index >= 15 is 0 Å². The first-order valence-electron chi connectivity index (χ1n) is 8.53. The first-order valence-corrected chi connectivity index (χ1v) is 8.53. The Hall–Kier alpha value is -1.96. The molecule has 1 heterocycles. The van der Waals surface area contributed by atoms with Crippen molar-refractivity contribution in [2.24, 2.45) is 0 Å². The minimum absolute atomic E-state index is 0.632. The van der Waals surface area contributed by atoms with Crippen molar-refractivity contribution in [1.29, 1.82) is 0 Å². The van der Waals surface area contributed by atoms with Crippen LogP contribution in [0.4, 0.5) is 11.4 Å². The van der Waals surface area contributed by atoms with E-state index in [2.05, 4.69) is 12.1 Å². The second-order valence-electron chi connectivity index (χ2n) is 6.42. The fourth-order valence-electron chi connectivity index (χ4n) is 3.71. The normalized spacial score (nSPS) is 18.2. The molecule has 0 aromatic heterocycles. The lowest BCUT2D eigenvalue weighted by Gasteiger charge is -2.26. The Kier molecular flexibility index (Phi) is 3.75. The van der Waals surface area contributed by atoms with Crippen molar-refractivity contribution in [3.05, 3.63) is 48.0 Å². The third kappa shape index (κ3) is 2.58. The van der Waals surface area contributed by atoms with Crippen molar-refractivity contribution < 1.29 is 4.74 Å². The number of hydrogen-bond donors (Lipinski definition) is 0. The van der Waals surface area contributed by atoms with Gasteiger partial charge in [0.05, 0.1) is 0 Å². The summed E-state index contributed by atoms with van der Waals surface area (Å²) < 4.78 is 6.07. The standard InChI is InChI=1S/C20H22NO/c1-2-4-9-15(10-5-3-1)16-11-8-14-19-20(16)21-17-12-6-7-13-18(17)22-19/h6-8,11-15H,1-5,9-10H2. The molecule has 1 saturated carbocycles. The van der Waals surface area contributed by atoms with Gasteiger partial charge in [-0.2, -0.15) is 0 Å². The SMILES string of the molecule is c1ccc2c(c1)[N]c1c(cccc1C1CCCCCCC1)O2. The summed E-state index contributed by atoms with van der Waals surface area (Å²) in [5, 5.41) is 4.91. The van der Waals surface area contributed by atoms with Gasteiger partial charge in [0.15, 0.2) is 11.5 Å². The van der Waals surface area contributed by atoms with Gasteiger partial charge in [0.25, 0.3) is 0 Å². The molecule has 1 radical (unpaired) electrons. The lowest BCUT2D eigenvalue weighted by atomic mass is 9.85. The summed E-state index contributed by atoms with van der Waals surface area (Å²) in [5.41, 5.74) is 3.40. The van der Waals surface area contributed by atoms with Crippen LogP contribution < -0.4 is 10.1 Å². The third-order valence-corrected chi connectivity index (χ3v) is 4.89. The van der Waals surface area contributed by atoms with E-state index in [9.17, 15) is 0 Å². The maximum absolute atomic E-state index is 6.07. The van der Waals surface area contributed by atoms with Gasteiger partial charge in [0, 0.05) is 0 Å². The van der Waals surface area contributed by atoms with E-state index < -0.39 is 0 Å². The summed E-state index contributed by atoms with van der Waals surface area (Å²) in [7, 11) is 0. The van der Waals surface area contributed by atoms with Crippen molar-refractivity contribution in [2.45, 2.75) is 50.9 Å². The molecule has 1 aliphatic heterocycles. The minimum atomic E-state index is 0.632. The Bertz CT molecular complexity index is 657. The average Bonchev–Trinajstić information content (AvgIpc) is 2.52. The molecule has 0 amide bonds. The number of nitrogens with zero attached hydrogens (tertiary/aromatic N) is 1. The highest BCUT2D eigenvalue weighted by Crippen LogP contribution is 2.47. The summed E-state index contributed by atoms with van der Waals surface area (Å²) in [6.45, 7) is 0. The summed E-state index contributed by atoms with van der Waals surface area (Å²) >= 11 is 0. The van der Waals surface area contributed by atoms with Gasteiger partial charge in [0.2, 0.25) is 0 Å². The van der Waals surface area contributed by atoms with Crippen LogP contribution in [0.3, 0.4) is 0 Å². The maximum Gasteiger partial charge on any atom is 0.153 e. The van der Waals surface area contributed by atoms with Crippen molar-refractivity contribution >= 4 is 11.4 Å². The molecule has 2 aliphatic rings. The van der Waals surface area contributed by atoms with Crippen molar-refractivity contribution in [3.63, 3.8) is 0 Å². The second-order valence-corrected chi connectivity index (χ2v) is 6.42. The van der Waals surface area contributed by atoms with Crippen LogP contribution in [-0.4, -0.2) is 0 Å². The number of para-hydroxylation sites is 3. The smallest absolute Gasteiger partial charge is 0.153 e. The lowest BCUT2D eigenvalue weighted by Crippen LogP contribution is -2.09. The topological polar surface area (TPSA) is 23.3 Å². The van der Waals surface area contributed by atoms with Gasteiger partial charge in [0.1, 0.15) is 11.4 Å². The largest absolute Gasteiger partial charge is 0.453 e. The van der Waals surface area contributed by atoms with Crippen molar-refractivity contribution in [1.82, 2.24) is 5.32 Å². The number of fused-ring (bicyclic) bond motifs is 2. The van der Waals surface area contributed by atoms with Gasteiger partial charge >= 0.3 is 0 Å². The van der Waals surface area contributed by atoms with Gasteiger partial charge in [-0.15, -0.1) is 0 Å². The zero-order valence-corrected chi connectivity index (χ0v) is 12.9. The highest BCUT2D eigenvalue weighted by Gasteiger charge is 2.24. The number of hydrogen-bond acceptors (Lipinski definition) is 1. The molecule has 1 aliphatic carbocycles. The quantitative estimate of drug-likeness (QED) is 0.524. The van der Waals surface area contributed by atoms with Crippen LogP contribution >= 0.6 is 0 Å². The molecule has 0 spiro atoms. The molecule has 1 fully saturated rings. The van der Waals surface area contributed by atoms with E-state index in [-0.39, 0.29) is 0 Å². The van der Waals surface area contributed by atoms with Crippen LogP contribution in [0.1, 0.15) is 56.4 Å². The molecular weight excluding hydrogens is 270 g/mol. The average molecular weight is 292 g/mol. The van der Waals surface area contributed by atoms with Crippen LogP contribution in [0.15, 0.2) is 42.5 Å². The van der Waals surface area contributed by atoms with E-state index in [1.54, 1.807) is 0 Å². The molecule has 0 unspecified atom stereocenters. The first kappa shape index (κ1) is 13.7. The zero-order chi connectivity index (χ0) is 14.8. The van der Waals surface area contributed by atoms with Crippen LogP contribution in [0.25, 0.3) is 0 Å². The molecule has 0 saturated heterocycles. The Labute approximate surface area is 132 Å². The molecule has 0 N–H and O–H groups in total. The summed E-state index contributed by atoms with van der Waals surface area (Å²) in [6, 6.07) is 14.5. The zero-order valence-electron chi connectivity index (χ0n) is 12.9. The third-order valence-electron chi connectivity index (χ3n) is 4.89. The maximum atomic E-state index is 6.07. The van der Waals surface area contributed by atoms with Crippen LogP contribution in [0, 0.1) is 0 Å². The van der Waals surface area contributed by atoms with E-state index in [4.69, 9.17) is 10.1 Å². The molecule has 2 heteroatoms. The Balaban J connectivity index is 1.68. The van der Waals surface area contributed by atoms with Crippen LogP contribution in [0.5, 0.6) is 11.5 Å². The van der Waals surface area contributed by atoms with E-state index in [1.165, 1.54) is 50.5 Å². The molecule has 0 bridgehead atoms. The second kappa shape index (κ2) is 6.04. The first-order chi connectivity index (χ1) is 10.9. The number of benzene rings is 2. The predicted octanol–water partition coefficient (Wildman–Crippen LogP) is 6.19. The number of ether oxygens (including phenoxy) is 1. The molecule has 113 valence electrons. The van der Waals surface area contributed by atoms with Gasteiger partial charge in [-0.3, -0.25) is 0 Å². The molecule has 0 atom stereocenters. The fraction of sp³-hybridized carbons (Fsp3) is 0.400. The van der Waals surface area contributed by atoms with Gasteiger partial charge in [-0.25, -0.2) is 5.32 Å². The molecular formula is C20H22NO. The Morgan fingerprint density at radius 1 is 0.773 bits per heavy atom. The monoisotopic (exact) mass is 292 g/mol. The molecule has 4 rings (SSSR count). The highest BCUT2D eigenvalue weighted by molar-refractivity contribution is 5.70. The minimum Gasteiger partial charge on any atom is -0.453 e. The fourth-order valence-corrected chi connectivity index (χ4v) is 3.71. The molecule has 2 aromatic carbocycles. The predicted molar refractivity (Wildman–Crippen MR) is 89.5 cm³/mol. The summed E-state index contributed by atoms with van der Waals surface area (Å²) in [5.74, 6) is 2.41. The summed E-state index contributed by atoms with van der Waals surface area (Å²) in [6.07, 6.45) is 9.41.